The minimum atomic E-state index is 0.632. The zero-order valence-electron chi connectivity index (χ0n) is 36.4. The van der Waals surface area contributed by atoms with E-state index in [9.17, 15) is 0 Å². The van der Waals surface area contributed by atoms with Crippen molar-refractivity contribution in [3.63, 3.8) is 0 Å². The highest BCUT2D eigenvalue weighted by Crippen LogP contribution is 2.47. The van der Waals surface area contributed by atoms with E-state index in [2.05, 4.69) is 212 Å². The molecule has 0 bridgehead atoms. The molecule has 0 fully saturated rings. The van der Waals surface area contributed by atoms with Crippen molar-refractivity contribution < 1.29 is 4.42 Å². The van der Waals surface area contributed by atoms with Crippen molar-refractivity contribution in [3.05, 3.63) is 212 Å². The summed E-state index contributed by atoms with van der Waals surface area (Å²) in [4.78, 5) is 15.7. The molecule has 0 radical (unpaired) electrons. The van der Waals surface area contributed by atoms with Crippen LogP contribution >= 0.6 is 11.3 Å². The molecule has 0 saturated heterocycles. The predicted octanol–water partition coefficient (Wildman–Crippen LogP) is 17.7. The molecule has 0 unspecified atom stereocenters. The minimum absolute atomic E-state index is 0.632. The van der Waals surface area contributed by atoms with E-state index >= 15 is 0 Å². The van der Waals surface area contributed by atoms with E-state index in [0.717, 1.165) is 76.5 Å². The molecule has 15 rings (SSSR count). The molecule has 0 aliphatic carbocycles. The van der Waals surface area contributed by atoms with E-state index < -0.39 is 0 Å². The zero-order chi connectivity index (χ0) is 44.5. The summed E-state index contributed by atoms with van der Waals surface area (Å²) in [5.41, 5.74) is 6.97. The minimum Gasteiger partial charge on any atom is -0.455 e. The van der Waals surface area contributed by atoms with Gasteiger partial charge in [0.05, 0.1) is 0 Å². The van der Waals surface area contributed by atoms with Crippen LogP contribution < -0.4 is 0 Å². The highest BCUT2D eigenvalue weighted by molar-refractivity contribution is 7.25. The molecule has 3 heterocycles. The SMILES string of the molecule is c1ccc2c(-c3nc(-c4ccc5cc(-c6c7ccccc7cc7oc8c(ccc9c%10ccccc%10c%10ccccc%10c98)c67)ccc5c4)nc(-c4ccc5sc6ccccc6c5c4)n3)cccc2c1. The van der Waals surface area contributed by atoms with Gasteiger partial charge in [0.15, 0.2) is 17.5 Å². The maximum absolute atomic E-state index is 7.07. The number of aromatic nitrogens is 3. The van der Waals surface area contributed by atoms with Crippen LogP contribution in [0.4, 0.5) is 0 Å². The van der Waals surface area contributed by atoms with Crippen LogP contribution in [0.3, 0.4) is 0 Å². The summed E-state index contributed by atoms with van der Waals surface area (Å²) in [5, 5.41) is 18.8. The molecule has 4 nitrogen and oxygen atoms in total. The Hall–Kier alpha value is -8.77. The van der Waals surface area contributed by atoms with Gasteiger partial charge in [0, 0.05) is 58.6 Å². The van der Waals surface area contributed by atoms with E-state index in [1.54, 1.807) is 0 Å². The van der Waals surface area contributed by atoms with E-state index in [-0.39, 0.29) is 0 Å². The fourth-order valence-electron chi connectivity index (χ4n) is 10.9. The van der Waals surface area contributed by atoms with Crippen molar-refractivity contribution in [2.45, 2.75) is 0 Å². The number of rotatable bonds is 4. The monoisotopic (exact) mass is 881 g/mol. The lowest BCUT2D eigenvalue weighted by molar-refractivity contribution is 0.673. The van der Waals surface area contributed by atoms with Crippen molar-refractivity contribution in [3.8, 4) is 45.3 Å². The number of fused-ring (bicyclic) bond motifs is 16. The fraction of sp³-hybridized carbons (Fsp3) is 0. The third-order valence-corrected chi connectivity index (χ3v) is 15.2. The summed E-state index contributed by atoms with van der Waals surface area (Å²) in [5.74, 6) is 1.92. The topological polar surface area (TPSA) is 51.8 Å². The van der Waals surface area contributed by atoms with E-state index in [4.69, 9.17) is 19.4 Å². The molecule has 5 heteroatoms. The number of hydrogen-bond donors (Lipinski definition) is 0. The third kappa shape index (κ3) is 5.57. The number of hydrogen-bond acceptors (Lipinski definition) is 5. The molecule has 0 N–H and O–H groups in total. The lowest BCUT2D eigenvalue weighted by atomic mass is 9.90. The number of thiophene rings is 1. The molecule has 12 aromatic carbocycles. The van der Waals surface area contributed by atoms with Gasteiger partial charge in [-0.2, -0.15) is 0 Å². The summed E-state index contributed by atoms with van der Waals surface area (Å²) in [7, 11) is 0. The maximum Gasteiger partial charge on any atom is 0.164 e. The molecule has 15 aromatic rings. The van der Waals surface area contributed by atoms with E-state index in [0.29, 0.717) is 17.5 Å². The van der Waals surface area contributed by atoms with Gasteiger partial charge in [-0.3, -0.25) is 0 Å². The van der Waals surface area contributed by atoms with Crippen LogP contribution in [-0.4, -0.2) is 15.0 Å². The first-order chi connectivity index (χ1) is 33.7. The van der Waals surface area contributed by atoms with Gasteiger partial charge in [-0.25, -0.2) is 15.0 Å². The molecule has 0 aliphatic heterocycles. The molecule has 0 atom stereocenters. The average Bonchev–Trinajstić information content (AvgIpc) is 3.97. The summed E-state index contributed by atoms with van der Waals surface area (Å²) in [6.07, 6.45) is 0. The highest BCUT2D eigenvalue weighted by atomic mass is 32.1. The summed E-state index contributed by atoms with van der Waals surface area (Å²) < 4.78 is 9.58. The molecule has 0 aliphatic rings. The number of nitrogens with zero attached hydrogens (tertiary/aromatic N) is 3. The third-order valence-electron chi connectivity index (χ3n) is 14.0. The molecule has 0 amide bonds. The van der Waals surface area contributed by atoms with Crippen molar-refractivity contribution in [2.24, 2.45) is 0 Å². The van der Waals surface area contributed by atoms with E-state index in [1.165, 1.54) is 58.1 Å². The second-order valence-corrected chi connectivity index (χ2v) is 18.9. The van der Waals surface area contributed by atoms with Crippen LogP contribution in [0, 0.1) is 0 Å². The first-order valence-electron chi connectivity index (χ1n) is 23.0. The van der Waals surface area contributed by atoms with Crippen LogP contribution in [-0.2, 0) is 0 Å². The molecule has 68 heavy (non-hydrogen) atoms. The van der Waals surface area contributed by atoms with Crippen molar-refractivity contribution >= 4 is 118 Å². The Labute approximate surface area is 393 Å². The van der Waals surface area contributed by atoms with Gasteiger partial charge in [-0.15, -0.1) is 11.3 Å². The second kappa shape index (κ2) is 14.4. The average molecular weight is 882 g/mol. The Kier molecular flexibility index (Phi) is 7.91. The lowest BCUT2D eigenvalue weighted by Gasteiger charge is -2.12. The largest absolute Gasteiger partial charge is 0.455 e. The van der Waals surface area contributed by atoms with Crippen LogP contribution in [0.1, 0.15) is 0 Å². The van der Waals surface area contributed by atoms with Crippen molar-refractivity contribution in [2.75, 3.05) is 0 Å². The second-order valence-electron chi connectivity index (χ2n) is 17.8. The standard InChI is InChI=1S/C63H35N3OS/c1-3-15-43-36(12-1)14-11-22-51(43)63-65-61(64-62(66-63)42-28-31-56-53(34-42)48-20-9-10-23-55(48)68-56)41-27-25-37-32-40(26-24-38(37)33-41)57-44-16-4-2-13-39(44)35-54-59(57)52-30-29-50-47-19-6-5-17-45(47)46-18-7-8-21-49(46)58(50)60(52)67-54/h1-35H. The Morgan fingerprint density at radius 3 is 1.65 bits per heavy atom. The Morgan fingerprint density at radius 2 is 0.853 bits per heavy atom. The molecular formula is C63H35N3OS. The molecule has 314 valence electrons. The Balaban J connectivity index is 0.914. The molecular weight excluding hydrogens is 847 g/mol. The highest BCUT2D eigenvalue weighted by Gasteiger charge is 2.22. The lowest BCUT2D eigenvalue weighted by Crippen LogP contribution is -2.00. The Bertz CT molecular complexity index is 4600. The fourth-order valence-corrected chi connectivity index (χ4v) is 12.0. The van der Waals surface area contributed by atoms with Gasteiger partial charge < -0.3 is 4.42 Å². The van der Waals surface area contributed by atoms with Gasteiger partial charge in [0.2, 0.25) is 0 Å². The first-order valence-corrected chi connectivity index (χ1v) is 23.8. The van der Waals surface area contributed by atoms with Crippen LogP contribution in [0.25, 0.3) is 152 Å². The number of benzene rings is 12. The summed E-state index contributed by atoms with van der Waals surface area (Å²) in [6.45, 7) is 0. The smallest absolute Gasteiger partial charge is 0.164 e. The van der Waals surface area contributed by atoms with Crippen molar-refractivity contribution in [1.82, 2.24) is 15.0 Å². The van der Waals surface area contributed by atoms with Gasteiger partial charge >= 0.3 is 0 Å². The van der Waals surface area contributed by atoms with Crippen LogP contribution in [0.2, 0.25) is 0 Å². The Morgan fingerprint density at radius 1 is 0.309 bits per heavy atom. The van der Waals surface area contributed by atoms with Crippen LogP contribution in [0.5, 0.6) is 0 Å². The molecule has 0 spiro atoms. The molecule has 0 saturated carbocycles. The quantitative estimate of drug-likeness (QED) is 0.165. The van der Waals surface area contributed by atoms with Gasteiger partial charge in [-0.05, 0) is 113 Å². The predicted molar refractivity (Wildman–Crippen MR) is 287 cm³/mol. The van der Waals surface area contributed by atoms with Gasteiger partial charge in [0.1, 0.15) is 11.2 Å². The van der Waals surface area contributed by atoms with E-state index in [1.807, 2.05) is 11.3 Å². The summed E-state index contributed by atoms with van der Waals surface area (Å²) >= 11 is 1.81. The zero-order valence-corrected chi connectivity index (χ0v) is 37.2. The normalized spacial score (nSPS) is 12.1. The van der Waals surface area contributed by atoms with Crippen LogP contribution in [0.15, 0.2) is 217 Å². The molecule has 3 aromatic heterocycles. The maximum atomic E-state index is 7.07. The van der Waals surface area contributed by atoms with Gasteiger partial charge in [-0.1, -0.05) is 164 Å². The van der Waals surface area contributed by atoms with Crippen molar-refractivity contribution in [1.29, 1.82) is 0 Å². The first kappa shape index (κ1) is 37.5. The number of furan rings is 1. The van der Waals surface area contributed by atoms with Gasteiger partial charge in [0.25, 0.3) is 0 Å². The summed E-state index contributed by atoms with van der Waals surface area (Å²) in [6, 6.07) is 76.3.